The minimum Gasteiger partial charge on any atom is -0.497 e. The van der Waals surface area contributed by atoms with Crippen molar-refractivity contribution in [3.05, 3.63) is 64.5 Å². The van der Waals surface area contributed by atoms with Crippen LogP contribution in [0.3, 0.4) is 0 Å². The SMILES string of the molecule is COc1ccc(-c2nn3c(CCC(=O)O)nc4cc(F)ccc4c3nc2=O)cc1. The summed E-state index contributed by atoms with van der Waals surface area (Å²) in [5.41, 5.74) is 0.524. The minimum absolute atomic E-state index is 0.0396. The van der Waals surface area contributed by atoms with Crippen LogP contribution in [-0.4, -0.2) is 37.8 Å². The van der Waals surface area contributed by atoms with Crippen LogP contribution in [0.1, 0.15) is 12.2 Å². The van der Waals surface area contributed by atoms with E-state index in [1.165, 1.54) is 29.8 Å². The van der Waals surface area contributed by atoms with Crippen LogP contribution in [-0.2, 0) is 11.2 Å². The molecule has 4 aromatic rings. The number of fused-ring (bicyclic) bond motifs is 3. The van der Waals surface area contributed by atoms with Gasteiger partial charge in [-0.2, -0.15) is 14.6 Å². The molecule has 2 aromatic heterocycles. The van der Waals surface area contributed by atoms with Crippen LogP contribution < -0.4 is 10.3 Å². The number of aryl methyl sites for hydroxylation is 1. The monoisotopic (exact) mass is 394 g/mol. The van der Waals surface area contributed by atoms with E-state index in [-0.39, 0.29) is 35.5 Å². The number of aromatic nitrogens is 4. The third-order valence-electron chi connectivity index (χ3n) is 4.43. The Bertz CT molecular complexity index is 1300. The zero-order chi connectivity index (χ0) is 20.5. The molecule has 0 aliphatic heterocycles. The van der Waals surface area contributed by atoms with E-state index in [0.717, 1.165) is 0 Å². The summed E-state index contributed by atoms with van der Waals surface area (Å²) in [5, 5.41) is 13.9. The van der Waals surface area contributed by atoms with Gasteiger partial charge in [0, 0.05) is 23.4 Å². The Morgan fingerprint density at radius 2 is 1.93 bits per heavy atom. The number of carbonyl (C=O) groups is 1. The van der Waals surface area contributed by atoms with Gasteiger partial charge in [0.05, 0.1) is 19.0 Å². The number of nitrogens with zero attached hydrogens (tertiary/aromatic N) is 4. The van der Waals surface area contributed by atoms with Crippen LogP contribution in [0.4, 0.5) is 4.39 Å². The van der Waals surface area contributed by atoms with Crippen molar-refractivity contribution in [1.29, 1.82) is 0 Å². The Hall–Kier alpha value is -3.88. The van der Waals surface area contributed by atoms with Crippen molar-refractivity contribution < 1.29 is 19.0 Å². The summed E-state index contributed by atoms with van der Waals surface area (Å²) in [6.07, 6.45) is -0.160. The summed E-state index contributed by atoms with van der Waals surface area (Å²) in [6, 6.07) is 10.7. The molecule has 9 heteroatoms. The zero-order valence-corrected chi connectivity index (χ0v) is 15.3. The topological polar surface area (TPSA) is 107 Å². The lowest BCUT2D eigenvalue weighted by Crippen LogP contribution is -2.19. The highest BCUT2D eigenvalue weighted by molar-refractivity contribution is 5.91. The first-order chi connectivity index (χ1) is 14.0. The van der Waals surface area contributed by atoms with Gasteiger partial charge in [-0.05, 0) is 36.4 Å². The molecule has 0 aliphatic rings. The number of hydrogen-bond acceptors (Lipinski definition) is 6. The highest BCUT2D eigenvalue weighted by Gasteiger charge is 2.16. The molecular formula is C20H15FN4O4. The molecule has 0 atom stereocenters. The third kappa shape index (κ3) is 3.49. The number of aliphatic carboxylic acids is 1. The molecule has 2 heterocycles. The van der Waals surface area contributed by atoms with Crippen molar-refractivity contribution in [2.45, 2.75) is 12.8 Å². The molecular weight excluding hydrogens is 379 g/mol. The van der Waals surface area contributed by atoms with Crippen LogP contribution in [0.5, 0.6) is 5.75 Å². The Morgan fingerprint density at radius 3 is 2.62 bits per heavy atom. The second kappa shape index (κ2) is 7.27. The summed E-state index contributed by atoms with van der Waals surface area (Å²) >= 11 is 0. The van der Waals surface area contributed by atoms with Crippen molar-refractivity contribution in [2.24, 2.45) is 0 Å². The van der Waals surface area contributed by atoms with Crippen molar-refractivity contribution in [1.82, 2.24) is 19.6 Å². The molecule has 0 amide bonds. The second-order valence-electron chi connectivity index (χ2n) is 6.31. The van der Waals surface area contributed by atoms with Crippen LogP contribution in [0.25, 0.3) is 27.8 Å². The number of rotatable bonds is 5. The Balaban J connectivity index is 1.98. The molecule has 146 valence electrons. The largest absolute Gasteiger partial charge is 0.497 e. The fraction of sp³-hybridized carbons (Fsp3) is 0.150. The lowest BCUT2D eigenvalue weighted by Gasteiger charge is -2.11. The van der Waals surface area contributed by atoms with Gasteiger partial charge < -0.3 is 9.84 Å². The maximum absolute atomic E-state index is 13.7. The fourth-order valence-electron chi connectivity index (χ4n) is 3.02. The van der Waals surface area contributed by atoms with Crippen LogP contribution in [0, 0.1) is 5.82 Å². The molecule has 0 saturated carbocycles. The molecule has 2 aromatic carbocycles. The van der Waals surface area contributed by atoms with Gasteiger partial charge in [0.2, 0.25) is 0 Å². The van der Waals surface area contributed by atoms with Gasteiger partial charge >= 0.3 is 5.97 Å². The molecule has 0 saturated heterocycles. The quantitative estimate of drug-likeness (QED) is 0.518. The first kappa shape index (κ1) is 18.5. The molecule has 0 spiro atoms. The molecule has 0 aliphatic carbocycles. The normalized spacial score (nSPS) is 11.1. The predicted molar refractivity (Wildman–Crippen MR) is 102 cm³/mol. The van der Waals surface area contributed by atoms with E-state index in [0.29, 0.717) is 16.7 Å². The third-order valence-corrected chi connectivity index (χ3v) is 4.43. The summed E-state index contributed by atoms with van der Waals surface area (Å²) < 4.78 is 20.1. The van der Waals surface area contributed by atoms with Gasteiger partial charge in [0.25, 0.3) is 5.56 Å². The average molecular weight is 394 g/mol. The number of methoxy groups -OCH3 is 1. The minimum atomic E-state index is -1.01. The maximum Gasteiger partial charge on any atom is 0.303 e. The van der Waals surface area contributed by atoms with E-state index in [2.05, 4.69) is 15.1 Å². The van der Waals surface area contributed by atoms with Crippen molar-refractivity contribution in [2.75, 3.05) is 7.11 Å². The van der Waals surface area contributed by atoms with Gasteiger partial charge in [-0.25, -0.2) is 9.37 Å². The first-order valence-electron chi connectivity index (χ1n) is 8.71. The molecule has 0 bridgehead atoms. The number of hydrogen-bond donors (Lipinski definition) is 1. The average Bonchev–Trinajstić information content (AvgIpc) is 2.71. The number of benzene rings is 2. The summed E-state index contributed by atoms with van der Waals surface area (Å²) in [6.45, 7) is 0. The molecule has 0 fully saturated rings. The van der Waals surface area contributed by atoms with Crippen molar-refractivity contribution >= 4 is 22.5 Å². The summed E-state index contributed by atoms with van der Waals surface area (Å²) in [5.74, 6) is -0.616. The first-order valence-corrected chi connectivity index (χ1v) is 8.71. The van der Waals surface area contributed by atoms with Gasteiger partial charge in [-0.3, -0.25) is 9.59 Å². The van der Waals surface area contributed by atoms with Crippen LogP contribution >= 0.6 is 0 Å². The van der Waals surface area contributed by atoms with Crippen molar-refractivity contribution in [3.8, 4) is 17.0 Å². The standard InChI is InChI=1S/C20H15FN4O4/c1-29-13-5-2-11(3-6-13)18-20(28)23-19-14-7-4-12(21)10-15(14)22-16(25(19)24-18)8-9-17(26)27/h2-7,10H,8-9H2,1H3,(H,26,27). The molecule has 4 rings (SSSR count). The lowest BCUT2D eigenvalue weighted by molar-refractivity contribution is -0.137. The van der Waals surface area contributed by atoms with Crippen LogP contribution in [0.2, 0.25) is 0 Å². The Kier molecular flexibility index (Phi) is 4.63. The molecule has 0 radical (unpaired) electrons. The highest BCUT2D eigenvalue weighted by Crippen LogP contribution is 2.22. The number of carboxylic acids is 1. The van der Waals surface area contributed by atoms with Gasteiger partial charge in [0.15, 0.2) is 11.3 Å². The number of halogens is 1. The Morgan fingerprint density at radius 1 is 1.17 bits per heavy atom. The van der Waals surface area contributed by atoms with Gasteiger partial charge in [-0.1, -0.05) is 0 Å². The number of carboxylic acid groups (broad SMARTS) is 1. The fourth-order valence-corrected chi connectivity index (χ4v) is 3.02. The molecule has 0 unspecified atom stereocenters. The van der Waals surface area contributed by atoms with E-state index in [1.54, 1.807) is 24.3 Å². The predicted octanol–water partition coefficient (Wildman–Crippen LogP) is 2.47. The van der Waals surface area contributed by atoms with E-state index in [4.69, 9.17) is 9.84 Å². The summed E-state index contributed by atoms with van der Waals surface area (Å²) in [7, 11) is 1.54. The van der Waals surface area contributed by atoms with Crippen LogP contribution in [0.15, 0.2) is 47.3 Å². The van der Waals surface area contributed by atoms with Gasteiger partial charge in [-0.15, -0.1) is 0 Å². The molecule has 1 N–H and O–H groups in total. The van der Waals surface area contributed by atoms with E-state index in [9.17, 15) is 14.0 Å². The smallest absolute Gasteiger partial charge is 0.303 e. The van der Waals surface area contributed by atoms with E-state index in [1.807, 2.05) is 0 Å². The lowest BCUT2D eigenvalue weighted by atomic mass is 10.1. The Labute approximate surface area is 163 Å². The zero-order valence-electron chi connectivity index (χ0n) is 15.3. The van der Waals surface area contributed by atoms with Crippen molar-refractivity contribution in [3.63, 3.8) is 0 Å². The maximum atomic E-state index is 13.7. The van der Waals surface area contributed by atoms with Gasteiger partial charge in [0.1, 0.15) is 17.4 Å². The van der Waals surface area contributed by atoms with E-state index >= 15 is 0 Å². The summed E-state index contributed by atoms with van der Waals surface area (Å²) in [4.78, 5) is 32.2. The second-order valence-corrected chi connectivity index (χ2v) is 6.31. The van der Waals surface area contributed by atoms with E-state index < -0.39 is 17.3 Å². The number of ether oxygens (including phenoxy) is 1. The molecule has 8 nitrogen and oxygen atoms in total. The molecule has 29 heavy (non-hydrogen) atoms. The highest BCUT2D eigenvalue weighted by atomic mass is 19.1.